The third-order valence-corrected chi connectivity index (χ3v) is 4.05. The Morgan fingerprint density at radius 3 is 2.70 bits per heavy atom. The van der Waals surface area contributed by atoms with Crippen molar-refractivity contribution >= 4 is 11.6 Å². The predicted octanol–water partition coefficient (Wildman–Crippen LogP) is 3.51. The van der Waals surface area contributed by atoms with Gasteiger partial charge in [-0.3, -0.25) is 0 Å². The Bertz CT molecular complexity index is 608. The van der Waals surface area contributed by atoms with Crippen LogP contribution in [0.4, 0.5) is 4.39 Å². The molecule has 1 aromatic heterocycles. The highest BCUT2D eigenvalue weighted by Crippen LogP contribution is 2.33. The normalized spacial score (nSPS) is 22.9. The van der Waals surface area contributed by atoms with Gasteiger partial charge in [-0.05, 0) is 43.9 Å². The van der Waals surface area contributed by atoms with Crippen molar-refractivity contribution in [3.63, 3.8) is 0 Å². The number of nitrogens with two attached hydrogens (primary N) is 1. The standard InChI is InChI=1S/C14H15ClFN3O/c15-12-7-9(16)3-6-11(12)13-18-14(20-19-13)8-1-4-10(17)5-2-8/h3,6-8,10H,1-2,4-5,17H2. The molecular formula is C14H15ClFN3O. The molecule has 0 saturated heterocycles. The van der Waals surface area contributed by atoms with Gasteiger partial charge in [0, 0.05) is 17.5 Å². The van der Waals surface area contributed by atoms with Crippen LogP contribution in [-0.2, 0) is 0 Å². The molecule has 0 radical (unpaired) electrons. The predicted molar refractivity (Wildman–Crippen MR) is 73.9 cm³/mol. The Hall–Kier alpha value is -1.46. The summed E-state index contributed by atoms with van der Waals surface area (Å²) in [5, 5.41) is 4.23. The van der Waals surface area contributed by atoms with E-state index in [2.05, 4.69) is 10.1 Å². The first-order chi connectivity index (χ1) is 9.63. The van der Waals surface area contributed by atoms with Gasteiger partial charge in [-0.15, -0.1) is 0 Å². The summed E-state index contributed by atoms with van der Waals surface area (Å²) in [5.74, 6) is 0.895. The van der Waals surface area contributed by atoms with Gasteiger partial charge in [-0.2, -0.15) is 4.98 Å². The number of halogens is 2. The molecule has 2 aromatic rings. The molecule has 0 amide bonds. The van der Waals surface area contributed by atoms with Gasteiger partial charge in [-0.1, -0.05) is 16.8 Å². The molecule has 1 fully saturated rings. The quantitative estimate of drug-likeness (QED) is 0.920. The molecule has 6 heteroatoms. The number of benzene rings is 1. The molecule has 4 nitrogen and oxygen atoms in total. The minimum Gasteiger partial charge on any atom is -0.339 e. The Balaban J connectivity index is 1.83. The molecular weight excluding hydrogens is 281 g/mol. The van der Waals surface area contributed by atoms with E-state index in [9.17, 15) is 4.39 Å². The van der Waals surface area contributed by atoms with E-state index < -0.39 is 0 Å². The maximum Gasteiger partial charge on any atom is 0.230 e. The molecule has 106 valence electrons. The first kappa shape index (κ1) is 13.5. The van der Waals surface area contributed by atoms with Crippen molar-refractivity contribution in [2.75, 3.05) is 0 Å². The molecule has 0 unspecified atom stereocenters. The SMILES string of the molecule is NC1CCC(c2nc(-c3ccc(F)cc3Cl)no2)CC1. The topological polar surface area (TPSA) is 64.9 Å². The van der Waals surface area contributed by atoms with E-state index in [4.69, 9.17) is 21.9 Å². The van der Waals surface area contributed by atoms with E-state index in [1.165, 1.54) is 12.1 Å². The molecule has 20 heavy (non-hydrogen) atoms. The zero-order valence-corrected chi connectivity index (χ0v) is 11.6. The van der Waals surface area contributed by atoms with Crippen molar-refractivity contribution in [2.45, 2.75) is 37.6 Å². The fraction of sp³-hybridized carbons (Fsp3) is 0.429. The molecule has 1 aromatic carbocycles. The van der Waals surface area contributed by atoms with Crippen molar-refractivity contribution in [1.82, 2.24) is 10.1 Å². The third kappa shape index (κ3) is 2.69. The van der Waals surface area contributed by atoms with Crippen LogP contribution in [0.2, 0.25) is 5.02 Å². The molecule has 0 bridgehead atoms. The van der Waals surface area contributed by atoms with E-state index in [0.717, 1.165) is 25.7 Å². The average molecular weight is 296 g/mol. The lowest BCUT2D eigenvalue weighted by atomic mass is 9.86. The maximum absolute atomic E-state index is 13.0. The summed E-state index contributed by atoms with van der Waals surface area (Å²) in [4.78, 5) is 4.39. The van der Waals surface area contributed by atoms with Crippen LogP contribution in [0.15, 0.2) is 22.7 Å². The van der Waals surface area contributed by atoms with Gasteiger partial charge in [0.25, 0.3) is 0 Å². The van der Waals surface area contributed by atoms with Gasteiger partial charge in [0.05, 0.1) is 5.02 Å². The fourth-order valence-electron chi connectivity index (χ4n) is 2.55. The average Bonchev–Trinajstić information content (AvgIpc) is 2.89. The Labute approximate surface area is 121 Å². The highest BCUT2D eigenvalue weighted by atomic mass is 35.5. The fourth-order valence-corrected chi connectivity index (χ4v) is 2.80. The molecule has 1 heterocycles. The number of rotatable bonds is 2. The molecule has 1 aliphatic rings. The number of hydrogen-bond donors (Lipinski definition) is 1. The van der Waals surface area contributed by atoms with E-state index in [-0.39, 0.29) is 22.8 Å². The summed E-state index contributed by atoms with van der Waals surface area (Å²) < 4.78 is 18.4. The van der Waals surface area contributed by atoms with Crippen LogP contribution in [0.3, 0.4) is 0 Å². The second-order valence-corrected chi connectivity index (χ2v) is 5.60. The number of hydrogen-bond acceptors (Lipinski definition) is 4. The largest absolute Gasteiger partial charge is 0.339 e. The summed E-state index contributed by atoms with van der Waals surface area (Å²) in [7, 11) is 0. The first-order valence-corrected chi connectivity index (χ1v) is 7.06. The van der Waals surface area contributed by atoms with E-state index in [1.807, 2.05) is 0 Å². The molecule has 0 spiro atoms. The number of nitrogens with zero attached hydrogens (tertiary/aromatic N) is 2. The smallest absolute Gasteiger partial charge is 0.230 e. The highest BCUT2D eigenvalue weighted by molar-refractivity contribution is 6.33. The summed E-state index contributed by atoms with van der Waals surface area (Å²) >= 11 is 6.00. The Morgan fingerprint density at radius 2 is 2.00 bits per heavy atom. The van der Waals surface area contributed by atoms with E-state index >= 15 is 0 Å². The maximum atomic E-state index is 13.0. The zero-order chi connectivity index (χ0) is 14.1. The van der Waals surface area contributed by atoms with Gasteiger partial charge in [0.2, 0.25) is 11.7 Å². The van der Waals surface area contributed by atoms with Crippen LogP contribution in [0, 0.1) is 5.82 Å². The molecule has 3 rings (SSSR count). The van der Waals surface area contributed by atoms with Gasteiger partial charge >= 0.3 is 0 Å². The van der Waals surface area contributed by atoms with Crippen LogP contribution in [0.25, 0.3) is 11.4 Å². The minimum absolute atomic E-state index is 0.260. The first-order valence-electron chi connectivity index (χ1n) is 6.68. The molecule has 0 aliphatic heterocycles. The van der Waals surface area contributed by atoms with Crippen molar-refractivity contribution in [2.24, 2.45) is 5.73 Å². The third-order valence-electron chi connectivity index (χ3n) is 3.73. The van der Waals surface area contributed by atoms with Gasteiger partial charge in [0.1, 0.15) is 5.82 Å². The number of aromatic nitrogens is 2. The van der Waals surface area contributed by atoms with Crippen molar-refractivity contribution in [3.05, 3.63) is 34.9 Å². The second-order valence-electron chi connectivity index (χ2n) is 5.19. The second kappa shape index (κ2) is 5.50. The van der Waals surface area contributed by atoms with Crippen molar-refractivity contribution < 1.29 is 8.91 Å². The van der Waals surface area contributed by atoms with Crippen LogP contribution in [-0.4, -0.2) is 16.2 Å². The van der Waals surface area contributed by atoms with Crippen LogP contribution < -0.4 is 5.73 Å². The summed E-state index contributed by atoms with van der Waals surface area (Å²) in [5.41, 5.74) is 6.46. The van der Waals surface area contributed by atoms with E-state index in [1.54, 1.807) is 6.07 Å². The van der Waals surface area contributed by atoms with Gasteiger partial charge in [-0.25, -0.2) is 4.39 Å². The van der Waals surface area contributed by atoms with Gasteiger partial charge in [0.15, 0.2) is 0 Å². The van der Waals surface area contributed by atoms with Crippen molar-refractivity contribution in [3.8, 4) is 11.4 Å². The summed E-state index contributed by atoms with van der Waals surface area (Å²) in [6.45, 7) is 0. The van der Waals surface area contributed by atoms with E-state index in [0.29, 0.717) is 17.3 Å². The highest BCUT2D eigenvalue weighted by Gasteiger charge is 2.25. The molecule has 0 atom stereocenters. The minimum atomic E-state index is -0.385. The molecule has 2 N–H and O–H groups in total. The lowest BCUT2D eigenvalue weighted by Gasteiger charge is -2.22. The lowest BCUT2D eigenvalue weighted by Crippen LogP contribution is -2.25. The van der Waals surface area contributed by atoms with Gasteiger partial charge < -0.3 is 10.3 Å². The molecule has 1 aliphatic carbocycles. The van der Waals surface area contributed by atoms with Crippen molar-refractivity contribution in [1.29, 1.82) is 0 Å². The van der Waals surface area contributed by atoms with Crippen LogP contribution in [0.5, 0.6) is 0 Å². The van der Waals surface area contributed by atoms with Crippen LogP contribution in [0.1, 0.15) is 37.5 Å². The molecule has 1 saturated carbocycles. The summed E-state index contributed by atoms with van der Waals surface area (Å²) in [6, 6.07) is 4.41. The Kier molecular flexibility index (Phi) is 3.72. The zero-order valence-electron chi connectivity index (χ0n) is 10.9. The summed E-state index contributed by atoms with van der Waals surface area (Å²) in [6.07, 6.45) is 3.86. The monoisotopic (exact) mass is 295 g/mol. The Morgan fingerprint density at radius 1 is 1.25 bits per heavy atom. The lowest BCUT2D eigenvalue weighted by molar-refractivity contribution is 0.301. The van der Waals surface area contributed by atoms with Crippen LogP contribution >= 0.6 is 11.6 Å².